The fourth-order valence-electron chi connectivity index (χ4n) is 2.01. The fourth-order valence-corrected chi connectivity index (χ4v) is 2.01. The predicted molar refractivity (Wildman–Crippen MR) is 82.8 cm³/mol. The number of hydrogen-bond acceptors (Lipinski definition) is 2. The van der Waals surface area contributed by atoms with Gasteiger partial charge in [0, 0.05) is 17.9 Å². The van der Waals surface area contributed by atoms with Gasteiger partial charge in [0.25, 0.3) is 0 Å². The molecule has 2 aromatic rings. The Morgan fingerprint density at radius 2 is 1.90 bits per heavy atom. The van der Waals surface area contributed by atoms with Crippen molar-refractivity contribution in [1.82, 2.24) is 0 Å². The molecule has 0 unspecified atom stereocenters. The summed E-state index contributed by atoms with van der Waals surface area (Å²) in [5.41, 5.74) is 9.25. The zero-order valence-electron chi connectivity index (χ0n) is 11.5. The molecule has 2 rings (SSSR count). The highest BCUT2D eigenvalue weighted by Gasteiger charge is 2.05. The second kappa shape index (κ2) is 6.73. The number of nitrogens with one attached hydrogen (secondary N) is 2. The Hall–Kier alpha value is -2.33. The number of nitrogens with two attached hydrogens (primary N) is 1. The van der Waals surface area contributed by atoms with Crippen molar-refractivity contribution in [2.75, 3.05) is 10.6 Å². The van der Waals surface area contributed by atoms with Crippen molar-refractivity contribution in [2.45, 2.75) is 19.9 Å². The zero-order valence-corrected chi connectivity index (χ0v) is 11.5. The van der Waals surface area contributed by atoms with Gasteiger partial charge in [0.1, 0.15) is 0 Å². The van der Waals surface area contributed by atoms with Crippen molar-refractivity contribution in [3.05, 3.63) is 59.7 Å². The lowest BCUT2D eigenvalue weighted by Gasteiger charge is -2.11. The van der Waals surface area contributed by atoms with E-state index in [-0.39, 0.29) is 6.03 Å². The van der Waals surface area contributed by atoms with Crippen LogP contribution >= 0.6 is 0 Å². The number of benzene rings is 2. The second-order valence-corrected chi connectivity index (χ2v) is 4.49. The number of urea groups is 1. The molecule has 0 bridgehead atoms. The van der Waals surface area contributed by atoms with E-state index < -0.39 is 0 Å². The quantitative estimate of drug-likeness (QED) is 0.796. The summed E-state index contributed by atoms with van der Waals surface area (Å²) in [4.78, 5) is 12.0. The maximum atomic E-state index is 12.0. The second-order valence-electron chi connectivity index (χ2n) is 4.49. The van der Waals surface area contributed by atoms with Crippen LogP contribution in [0.2, 0.25) is 0 Å². The highest BCUT2D eigenvalue weighted by atomic mass is 16.2. The highest BCUT2D eigenvalue weighted by Crippen LogP contribution is 2.16. The molecule has 0 radical (unpaired) electrons. The Labute approximate surface area is 119 Å². The fraction of sp³-hybridized carbons (Fsp3) is 0.188. The molecule has 104 valence electrons. The predicted octanol–water partition coefficient (Wildman–Crippen LogP) is 3.35. The van der Waals surface area contributed by atoms with Gasteiger partial charge < -0.3 is 16.4 Å². The van der Waals surface area contributed by atoms with Gasteiger partial charge in [-0.25, -0.2) is 4.79 Å². The SMILES string of the molecule is CCc1ccccc1NC(=O)Nc1cccc(CN)c1. The zero-order chi connectivity index (χ0) is 14.4. The van der Waals surface area contributed by atoms with E-state index in [1.54, 1.807) is 0 Å². The molecule has 0 aromatic heterocycles. The maximum absolute atomic E-state index is 12.0. The molecule has 2 aromatic carbocycles. The Kier molecular flexibility index (Phi) is 4.74. The number of amides is 2. The average Bonchev–Trinajstić information content (AvgIpc) is 2.48. The lowest BCUT2D eigenvalue weighted by Crippen LogP contribution is -2.20. The monoisotopic (exact) mass is 269 g/mol. The van der Waals surface area contributed by atoms with E-state index in [1.165, 1.54) is 0 Å². The first-order valence-electron chi connectivity index (χ1n) is 6.68. The molecule has 0 aliphatic rings. The van der Waals surface area contributed by atoms with E-state index in [0.29, 0.717) is 6.54 Å². The molecule has 0 saturated heterocycles. The van der Waals surface area contributed by atoms with E-state index in [1.807, 2.05) is 48.5 Å². The third-order valence-corrected chi connectivity index (χ3v) is 3.07. The van der Waals surface area contributed by atoms with Crippen molar-refractivity contribution >= 4 is 17.4 Å². The molecule has 2 amide bonds. The summed E-state index contributed by atoms with van der Waals surface area (Å²) >= 11 is 0. The summed E-state index contributed by atoms with van der Waals surface area (Å²) < 4.78 is 0. The van der Waals surface area contributed by atoms with Gasteiger partial charge in [0.2, 0.25) is 0 Å². The molecule has 20 heavy (non-hydrogen) atoms. The molecule has 0 aliphatic carbocycles. The Bertz CT molecular complexity index is 596. The van der Waals surface area contributed by atoms with Gasteiger partial charge in [-0.2, -0.15) is 0 Å². The molecular formula is C16H19N3O. The number of aryl methyl sites for hydroxylation is 1. The van der Waals surface area contributed by atoms with Crippen molar-refractivity contribution in [1.29, 1.82) is 0 Å². The van der Waals surface area contributed by atoms with Crippen molar-refractivity contribution in [2.24, 2.45) is 5.73 Å². The summed E-state index contributed by atoms with van der Waals surface area (Å²) in [5.74, 6) is 0. The molecule has 4 heteroatoms. The molecule has 0 saturated carbocycles. The summed E-state index contributed by atoms with van der Waals surface area (Å²) in [6, 6.07) is 15.0. The van der Waals surface area contributed by atoms with Crippen molar-refractivity contribution in [3.63, 3.8) is 0 Å². The largest absolute Gasteiger partial charge is 0.326 e. The van der Waals surface area contributed by atoms with E-state index >= 15 is 0 Å². The van der Waals surface area contributed by atoms with Gasteiger partial charge in [0.15, 0.2) is 0 Å². The first-order chi connectivity index (χ1) is 9.72. The third kappa shape index (κ3) is 3.59. The maximum Gasteiger partial charge on any atom is 0.323 e. The van der Waals surface area contributed by atoms with E-state index in [4.69, 9.17) is 5.73 Å². The van der Waals surface area contributed by atoms with Crippen LogP contribution in [0.3, 0.4) is 0 Å². The number of rotatable bonds is 4. The highest BCUT2D eigenvalue weighted by molar-refractivity contribution is 6.00. The summed E-state index contributed by atoms with van der Waals surface area (Å²) in [7, 11) is 0. The van der Waals surface area contributed by atoms with E-state index in [0.717, 1.165) is 28.9 Å². The molecule has 4 N–H and O–H groups in total. The van der Waals surface area contributed by atoms with Crippen molar-refractivity contribution in [3.8, 4) is 0 Å². The van der Waals surface area contributed by atoms with Gasteiger partial charge in [0.05, 0.1) is 0 Å². The minimum atomic E-state index is -0.250. The summed E-state index contributed by atoms with van der Waals surface area (Å²) in [5, 5.41) is 5.68. The van der Waals surface area contributed by atoms with Crippen LogP contribution in [0.5, 0.6) is 0 Å². The lowest BCUT2D eigenvalue weighted by atomic mass is 10.1. The van der Waals surface area contributed by atoms with Gasteiger partial charge in [-0.05, 0) is 35.7 Å². The molecule has 4 nitrogen and oxygen atoms in total. The van der Waals surface area contributed by atoms with Crippen LogP contribution in [-0.2, 0) is 13.0 Å². The van der Waals surface area contributed by atoms with Crippen LogP contribution in [-0.4, -0.2) is 6.03 Å². The normalized spacial score (nSPS) is 10.1. The molecular weight excluding hydrogens is 250 g/mol. The number of anilines is 2. The minimum Gasteiger partial charge on any atom is -0.326 e. The Morgan fingerprint density at radius 3 is 2.65 bits per heavy atom. The van der Waals surface area contributed by atoms with Crippen molar-refractivity contribution < 1.29 is 4.79 Å². The van der Waals surface area contributed by atoms with Crippen LogP contribution in [0.15, 0.2) is 48.5 Å². The lowest BCUT2D eigenvalue weighted by molar-refractivity contribution is 0.262. The van der Waals surface area contributed by atoms with E-state index in [2.05, 4.69) is 17.6 Å². The first kappa shape index (κ1) is 14.1. The molecule has 0 heterocycles. The van der Waals surface area contributed by atoms with Crippen LogP contribution in [0.25, 0.3) is 0 Å². The number of para-hydroxylation sites is 1. The molecule has 0 aliphatic heterocycles. The van der Waals surface area contributed by atoms with Gasteiger partial charge in [-0.1, -0.05) is 37.3 Å². The summed E-state index contributed by atoms with van der Waals surface area (Å²) in [6.07, 6.45) is 0.874. The minimum absolute atomic E-state index is 0.250. The standard InChI is InChI=1S/C16H19N3O/c1-2-13-7-3-4-9-15(13)19-16(20)18-14-8-5-6-12(10-14)11-17/h3-10H,2,11,17H2,1H3,(H2,18,19,20). The first-order valence-corrected chi connectivity index (χ1v) is 6.68. The number of carbonyl (C=O) groups is 1. The third-order valence-electron chi connectivity index (χ3n) is 3.07. The Balaban J connectivity index is 2.05. The average molecular weight is 269 g/mol. The smallest absolute Gasteiger partial charge is 0.323 e. The van der Waals surface area contributed by atoms with Crippen LogP contribution in [0.1, 0.15) is 18.1 Å². The summed E-state index contributed by atoms with van der Waals surface area (Å²) in [6.45, 7) is 2.51. The Morgan fingerprint density at radius 1 is 1.10 bits per heavy atom. The van der Waals surface area contributed by atoms with Gasteiger partial charge in [-0.15, -0.1) is 0 Å². The van der Waals surface area contributed by atoms with Gasteiger partial charge >= 0.3 is 6.03 Å². The molecule has 0 spiro atoms. The number of carbonyl (C=O) groups excluding carboxylic acids is 1. The molecule has 0 fully saturated rings. The number of hydrogen-bond donors (Lipinski definition) is 3. The van der Waals surface area contributed by atoms with Crippen LogP contribution in [0, 0.1) is 0 Å². The van der Waals surface area contributed by atoms with Crippen LogP contribution < -0.4 is 16.4 Å². The molecule has 0 atom stereocenters. The van der Waals surface area contributed by atoms with E-state index in [9.17, 15) is 4.79 Å². The topological polar surface area (TPSA) is 67.2 Å². The van der Waals surface area contributed by atoms with Gasteiger partial charge in [-0.3, -0.25) is 0 Å². The van der Waals surface area contributed by atoms with Crippen LogP contribution in [0.4, 0.5) is 16.2 Å².